The molecule has 0 fully saturated rings. The molecule has 0 radical (unpaired) electrons. The van der Waals surface area contributed by atoms with Crippen LogP contribution in [0.4, 0.5) is 5.69 Å². The molecule has 0 saturated carbocycles. The van der Waals surface area contributed by atoms with Crippen LogP contribution in [0.25, 0.3) is 5.82 Å². The van der Waals surface area contributed by atoms with Crippen molar-refractivity contribution in [3.8, 4) is 5.82 Å². The molecule has 10 nitrogen and oxygen atoms in total. The van der Waals surface area contributed by atoms with E-state index in [4.69, 9.17) is 0 Å². The Morgan fingerprint density at radius 1 is 1.19 bits per heavy atom. The first-order valence-corrected chi connectivity index (χ1v) is 8.11. The fourth-order valence-corrected chi connectivity index (χ4v) is 2.41. The standard InChI is InChI=1S/C17H16N6O4/c24-16(12-13-2-4-14(5-3-13)23(26)27)18-9-11-22-17(25)7-6-15(20-22)21-10-1-8-19-21/h1-8,10H,9,11-12H2,(H,18,24). The van der Waals surface area contributed by atoms with Gasteiger partial charge in [0.05, 0.1) is 17.9 Å². The van der Waals surface area contributed by atoms with Crippen molar-refractivity contribution in [2.24, 2.45) is 0 Å². The van der Waals surface area contributed by atoms with Crippen LogP contribution in [0.15, 0.2) is 59.7 Å². The molecule has 3 aromatic rings. The quantitative estimate of drug-likeness (QED) is 0.483. The Balaban J connectivity index is 1.55. The number of amides is 1. The highest BCUT2D eigenvalue weighted by Crippen LogP contribution is 2.12. The molecule has 1 aromatic carbocycles. The number of carbonyl (C=O) groups is 1. The van der Waals surface area contributed by atoms with Crippen molar-refractivity contribution >= 4 is 11.6 Å². The van der Waals surface area contributed by atoms with Gasteiger partial charge in [0.15, 0.2) is 5.82 Å². The molecule has 0 aliphatic heterocycles. The minimum atomic E-state index is -0.494. The molecule has 2 heterocycles. The normalized spacial score (nSPS) is 10.5. The smallest absolute Gasteiger partial charge is 0.269 e. The molecule has 3 rings (SSSR count). The summed E-state index contributed by atoms with van der Waals surface area (Å²) in [6, 6.07) is 10.5. The van der Waals surface area contributed by atoms with Crippen molar-refractivity contribution < 1.29 is 9.72 Å². The van der Waals surface area contributed by atoms with Gasteiger partial charge in [-0.25, -0.2) is 9.36 Å². The first-order valence-electron chi connectivity index (χ1n) is 8.11. The average Bonchev–Trinajstić information content (AvgIpc) is 3.18. The predicted octanol–water partition coefficient (Wildman–Crippen LogP) is 0.696. The van der Waals surface area contributed by atoms with Gasteiger partial charge < -0.3 is 5.32 Å². The Labute approximate surface area is 153 Å². The first kappa shape index (κ1) is 18.0. The zero-order valence-electron chi connectivity index (χ0n) is 14.2. The van der Waals surface area contributed by atoms with Gasteiger partial charge in [0.25, 0.3) is 11.2 Å². The Hall–Kier alpha value is -3.82. The summed E-state index contributed by atoms with van der Waals surface area (Å²) in [6.45, 7) is 0.432. The molecule has 0 spiro atoms. The summed E-state index contributed by atoms with van der Waals surface area (Å²) in [5.41, 5.74) is 0.353. The van der Waals surface area contributed by atoms with E-state index in [1.165, 1.54) is 39.7 Å². The summed E-state index contributed by atoms with van der Waals surface area (Å²) in [5.74, 6) is 0.247. The minimum Gasteiger partial charge on any atom is -0.354 e. The Kier molecular flexibility index (Phi) is 5.36. The highest BCUT2D eigenvalue weighted by Gasteiger charge is 2.08. The molecule has 0 saturated heterocycles. The molecule has 1 amide bonds. The van der Waals surface area contributed by atoms with E-state index in [1.54, 1.807) is 24.5 Å². The number of nitro groups is 1. The van der Waals surface area contributed by atoms with Crippen molar-refractivity contribution in [2.45, 2.75) is 13.0 Å². The summed E-state index contributed by atoms with van der Waals surface area (Å²) in [7, 11) is 0. The van der Waals surface area contributed by atoms with Crippen LogP contribution < -0.4 is 10.9 Å². The zero-order chi connectivity index (χ0) is 19.2. The van der Waals surface area contributed by atoms with Crippen LogP contribution in [-0.4, -0.2) is 36.9 Å². The molecule has 0 unspecified atom stereocenters. The van der Waals surface area contributed by atoms with Crippen LogP contribution in [0, 0.1) is 10.1 Å². The monoisotopic (exact) mass is 368 g/mol. The van der Waals surface area contributed by atoms with Crippen LogP contribution in [0.5, 0.6) is 0 Å². The van der Waals surface area contributed by atoms with E-state index in [0.717, 1.165) is 0 Å². The minimum absolute atomic E-state index is 0.0262. The number of nitrogens with one attached hydrogen (secondary N) is 1. The second kappa shape index (κ2) is 8.04. The number of non-ortho nitro benzene ring substituents is 1. The van der Waals surface area contributed by atoms with E-state index >= 15 is 0 Å². The molecule has 27 heavy (non-hydrogen) atoms. The Morgan fingerprint density at radius 3 is 2.63 bits per heavy atom. The number of hydrogen-bond donors (Lipinski definition) is 1. The number of aromatic nitrogens is 4. The van der Waals surface area contributed by atoms with Crippen molar-refractivity contribution in [1.82, 2.24) is 24.9 Å². The van der Waals surface area contributed by atoms with Gasteiger partial charge in [-0.2, -0.15) is 5.10 Å². The van der Waals surface area contributed by atoms with Crippen LogP contribution in [0.2, 0.25) is 0 Å². The van der Waals surface area contributed by atoms with Crippen LogP contribution in [0.1, 0.15) is 5.56 Å². The van der Waals surface area contributed by atoms with Gasteiger partial charge >= 0.3 is 0 Å². The lowest BCUT2D eigenvalue weighted by Gasteiger charge is -2.08. The molecule has 10 heteroatoms. The summed E-state index contributed by atoms with van der Waals surface area (Å²) < 4.78 is 2.78. The van der Waals surface area contributed by atoms with E-state index in [-0.39, 0.29) is 36.7 Å². The number of rotatable bonds is 7. The van der Waals surface area contributed by atoms with Gasteiger partial charge in [-0.3, -0.25) is 19.7 Å². The van der Waals surface area contributed by atoms with E-state index in [1.807, 2.05) is 0 Å². The lowest BCUT2D eigenvalue weighted by Crippen LogP contribution is -2.33. The average molecular weight is 368 g/mol. The van der Waals surface area contributed by atoms with Crippen molar-refractivity contribution in [3.05, 3.63) is 80.9 Å². The maximum absolute atomic E-state index is 12.0. The fourth-order valence-electron chi connectivity index (χ4n) is 2.41. The molecule has 0 bridgehead atoms. The second-order valence-corrected chi connectivity index (χ2v) is 5.65. The maximum atomic E-state index is 12.0. The first-order chi connectivity index (χ1) is 13.0. The number of benzene rings is 1. The van der Waals surface area contributed by atoms with Crippen molar-refractivity contribution in [1.29, 1.82) is 0 Å². The SMILES string of the molecule is O=C(Cc1ccc([N+](=O)[O-])cc1)NCCn1nc(-n2cccn2)ccc1=O. The summed E-state index contributed by atoms with van der Waals surface area (Å²) in [5, 5.41) is 21.6. The van der Waals surface area contributed by atoms with Gasteiger partial charge in [-0.05, 0) is 17.7 Å². The highest BCUT2D eigenvalue weighted by atomic mass is 16.6. The fraction of sp³-hybridized carbons (Fsp3) is 0.176. The lowest BCUT2D eigenvalue weighted by atomic mass is 10.1. The molecular weight excluding hydrogens is 352 g/mol. The molecule has 2 aromatic heterocycles. The highest BCUT2D eigenvalue weighted by molar-refractivity contribution is 5.78. The third-order valence-corrected chi connectivity index (χ3v) is 3.75. The van der Waals surface area contributed by atoms with E-state index in [2.05, 4.69) is 15.5 Å². The number of nitrogens with zero attached hydrogens (tertiary/aromatic N) is 5. The van der Waals surface area contributed by atoms with Crippen LogP contribution in [-0.2, 0) is 17.8 Å². The van der Waals surface area contributed by atoms with Gasteiger partial charge in [0.1, 0.15) is 0 Å². The molecule has 0 atom stereocenters. The summed E-state index contributed by atoms with van der Waals surface area (Å²) in [6.07, 6.45) is 3.41. The van der Waals surface area contributed by atoms with Gasteiger partial charge in [-0.15, -0.1) is 5.10 Å². The van der Waals surface area contributed by atoms with Crippen molar-refractivity contribution in [3.63, 3.8) is 0 Å². The number of hydrogen-bond acceptors (Lipinski definition) is 6. The zero-order valence-corrected chi connectivity index (χ0v) is 14.2. The van der Waals surface area contributed by atoms with Crippen LogP contribution >= 0.6 is 0 Å². The molecule has 0 aliphatic rings. The number of nitro benzene ring substituents is 1. The summed E-state index contributed by atoms with van der Waals surface area (Å²) in [4.78, 5) is 34.0. The van der Waals surface area contributed by atoms with Gasteiger partial charge in [0, 0.05) is 37.1 Å². The van der Waals surface area contributed by atoms with Crippen LogP contribution in [0.3, 0.4) is 0 Å². The van der Waals surface area contributed by atoms with Gasteiger partial charge in [-0.1, -0.05) is 12.1 Å². The second-order valence-electron chi connectivity index (χ2n) is 5.65. The van der Waals surface area contributed by atoms with E-state index in [9.17, 15) is 19.7 Å². The molecule has 0 aliphatic carbocycles. The Bertz CT molecular complexity index is 995. The summed E-state index contributed by atoms with van der Waals surface area (Å²) >= 11 is 0. The van der Waals surface area contributed by atoms with Gasteiger partial charge in [0.2, 0.25) is 5.91 Å². The third-order valence-electron chi connectivity index (χ3n) is 3.75. The largest absolute Gasteiger partial charge is 0.354 e. The third kappa shape index (κ3) is 4.63. The Morgan fingerprint density at radius 2 is 1.96 bits per heavy atom. The number of carbonyl (C=O) groups excluding carboxylic acids is 1. The molecule has 138 valence electrons. The molecule has 1 N–H and O–H groups in total. The molecular formula is C17H16N6O4. The lowest BCUT2D eigenvalue weighted by molar-refractivity contribution is -0.384. The topological polar surface area (TPSA) is 125 Å². The van der Waals surface area contributed by atoms with E-state index < -0.39 is 4.92 Å². The van der Waals surface area contributed by atoms with E-state index in [0.29, 0.717) is 11.4 Å². The van der Waals surface area contributed by atoms with Crippen molar-refractivity contribution in [2.75, 3.05) is 6.54 Å². The maximum Gasteiger partial charge on any atom is 0.269 e. The predicted molar refractivity (Wildman–Crippen MR) is 95.4 cm³/mol.